The third kappa shape index (κ3) is 5.50. The number of amides is 1. The summed E-state index contributed by atoms with van der Waals surface area (Å²) in [6, 6.07) is 0.359. The summed E-state index contributed by atoms with van der Waals surface area (Å²) < 4.78 is 0. The van der Waals surface area contributed by atoms with Crippen LogP contribution in [-0.4, -0.2) is 37.0 Å². The summed E-state index contributed by atoms with van der Waals surface area (Å²) in [5.41, 5.74) is 0. The fourth-order valence-electron chi connectivity index (χ4n) is 1.73. The lowest BCUT2D eigenvalue weighted by Crippen LogP contribution is -2.50. The predicted molar refractivity (Wildman–Crippen MR) is 69.4 cm³/mol. The lowest BCUT2D eigenvalue weighted by atomic mass is 10.0. The molecule has 0 aromatic heterocycles. The third-order valence-corrected chi connectivity index (χ3v) is 2.83. The molecule has 0 aromatic carbocycles. The van der Waals surface area contributed by atoms with Crippen LogP contribution in [0.3, 0.4) is 0 Å². The summed E-state index contributed by atoms with van der Waals surface area (Å²) in [6.07, 6.45) is 3.57. The van der Waals surface area contributed by atoms with Crippen LogP contribution in [0.5, 0.6) is 0 Å². The molecule has 1 amide bonds. The van der Waals surface area contributed by atoms with Gasteiger partial charge in [-0.3, -0.25) is 4.79 Å². The Labute approximate surface area is 101 Å². The highest BCUT2D eigenvalue weighted by Gasteiger charge is 2.24. The van der Waals surface area contributed by atoms with E-state index in [1.165, 1.54) is 12.8 Å². The molecule has 0 rings (SSSR count). The minimum Gasteiger partial charge on any atom is -0.347 e. The average molecular weight is 228 g/mol. The summed E-state index contributed by atoms with van der Waals surface area (Å²) >= 11 is 0. The van der Waals surface area contributed by atoms with E-state index < -0.39 is 0 Å². The maximum atomic E-state index is 12.0. The molecule has 0 spiro atoms. The average Bonchev–Trinajstić information content (AvgIpc) is 2.21. The number of likely N-dealkylation sites (N-methyl/N-ethyl adjacent to an activating group) is 1. The summed E-state index contributed by atoms with van der Waals surface area (Å²) in [4.78, 5) is 13.6. The highest BCUT2D eigenvalue weighted by atomic mass is 16.2. The molecule has 1 N–H and O–H groups in total. The molecule has 96 valence electrons. The smallest absolute Gasteiger partial charge is 0.239 e. The number of unbranched alkanes of at least 4 members (excludes halogenated alkanes) is 1. The largest absolute Gasteiger partial charge is 0.347 e. The first-order valence-corrected chi connectivity index (χ1v) is 6.37. The van der Waals surface area contributed by atoms with Crippen molar-refractivity contribution >= 4 is 5.91 Å². The van der Waals surface area contributed by atoms with Gasteiger partial charge < -0.3 is 10.2 Å². The first-order valence-electron chi connectivity index (χ1n) is 6.37. The SMILES string of the molecule is CCCCC(C)NC(C(=O)N(C)C)C(C)C. The molecule has 0 aliphatic carbocycles. The van der Waals surface area contributed by atoms with Gasteiger partial charge in [-0.2, -0.15) is 0 Å². The summed E-state index contributed by atoms with van der Waals surface area (Å²) in [5, 5.41) is 3.44. The van der Waals surface area contributed by atoms with Gasteiger partial charge >= 0.3 is 0 Å². The van der Waals surface area contributed by atoms with Gasteiger partial charge in [0.25, 0.3) is 0 Å². The monoisotopic (exact) mass is 228 g/mol. The molecule has 16 heavy (non-hydrogen) atoms. The Balaban J connectivity index is 4.28. The zero-order chi connectivity index (χ0) is 12.7. The first-order chi connectivity index (χ1) is 7.40. The Morgan fingerprint density at radius 2 is 1.81 bits per heavy atom. The number of carbonyl (C=O) groups excluding carboxylic acids is 1. The predicted octanol–water partition coefficient (Wildman–Crippen LogP) is 2.27. The quantitative estimate of drug-likeness (QED) is 0.725. The van der Waals surface area contributed by atoms with Gasteiger partial charge in [-0.1, -0.05) is 33.6 Å². The van der Waals surface area contributed by atoms with E-state index in [-0.39, 0.29) is 11.9 Å². The van der Waals surface area contributed by atoms with E-state index in [4.69, 9.17) is 0 Å². The van der Waals surface area contributed by atoms with Gasteiger partial charge in [0.2, 0.25) is 5.91 Å². The van der Waals surface area contributed by atoms with Crippen LogP contribution in [0.15, 0.2) is 0 Å². The Morgan fingerprint density at radius 1 is 1.25 bits per heavy atom. The van der Waals surface area contributed by atoms with Crippen molar-refractivity contribution in [3.63, 3.8) is 0 Å². The molecule has 2 atom stereocenters. The molecule has 0 bridgehead atoms. The zero-order valence-electron chi connectivity index (χ0n) is 11.7. The van der Waals surface area contributed by atoms with Crippen molar-refractivity contribution in [1.82, 2.24) is 10.2 Å². The molecular formula is C13H28N2O. The second kappa shape index (κ2) is 7.66. The van der Waals surface area contributed by atoms with Gasteiger partial charge in [0.15, 0.2) is 0 Å². The van der Waals surface area contributed by atoms with Crippen molar-refractivity contribution < 1.29 is 4.79 Å². The Bertz CT molecular complexity index is 202. The lowest BCUT2D eigenvalue weighted by molar-refractivity contribution is -0.132. The molecule has 2 unspecified atom stereocenters. The minimum absolute atomic E-state index is 0.0538. The number of hydrogen-bond donors (Lipinski definition) is 1. The summed E-state index contributed by atoms with van der Waals surface area (Å²) in [5.74, 6) is 0.511. The van der Waals surface area contributed by atoms with E-state index in [2.05, 4.69) is 33.0 Å². The Hall–Kier alpha value is -0.570. The number of hydrogen-bond acceptors (Lipinski definition) is 2. The maximum Gasteiger partial charge on any atom is 0.239 e. The molecule has 3 heteroatoms. The van der Waals surface area contributed by atoms with Gasteiger partial charge in [-0.15, -0.1) is 0 Å². The van der Waals surface area contributed by atoms with Crippen LogP contribution in [-0.2, 0) is 4.79 Å². The van der Waals surface area contributed by atoms with Crippen molar-refractivity contribution in [2.24, 2.45) is 5.92 Å². The zero-order valence-corrected chi connectivity index (χ0v) is 11.7. The topological polar surface area (TPSA) is 32.3 Å². The van der Waals surface area contributed by atoms with E-state index in [1.807, 2.05) is 14.1 Å². The second-order valence-electron chi connectivity index (χ2n) is 5.16. The van der Waals surface area contributed by atoms with Crippen molar-refractivity contribution in [3.8, 4) is 0 Å². The van der Waals surface area contributed by atoms with Crippen LogP contribution in [0.4, 0.5) is 0 Å². The Morgan fingerprint density at radius 3 is 2.19 bits per heavy atom. The molecule has 0 heterocycles. The molecule has 0 radical (unpaired) electrons. The normalized spacial score (nSPS) is 14.9. The fraction of sp³-hybridized carbons (Fsp3) is 0.923. The minimum atomic E-state index is -0.0538. The van der Waals surface area contributed by atoms with E-state index in [1.54, 1.807) is 4.90 Å². The van der Waals surface area contributed by atoms with Crippen LogP contribution in [0.25, 0.3) is 0 Å². The van der Waals surface area contributed by atoms with Crippen LogP contribution >= 0.6 is 0 Å². The molecule has 0 aromatic rings. The van der Waals surface area contributed by atoms with Gasteiger partial charge in [-0.25, -0.2) is 0 Å². The van der Waals surface area contributed by atoms with Gasteiger partial charge in [-0.05, 0) is 19.3 Å². The molecule has 0 saturated carbocycles. The van der Waals surface area contributed by atoms with Gasteiger partial charge in [0.05, 0.1) is 6.04 Å². The van der Waals surface area contributed by atoms with Crippen molar-refractivity contribution in [2.75, 3.05) is 14.1 Å². The summed E-state index contributed by atoms with van der Waals surface area (Å²) in [7, 11) is 3.63. The lowest BCUT2D eigenvalue weighted by Gasteiger charge is -2.28. The molecule has 0 aliphatic heterocycles. The number of carbonyl (C=O) groups is 1. The fourth-order valence-corrected chi connectivity index (χ4v) is 1.73. The highest BCUT2D eigenvalue weighted by Crippen LogP contribution is 2.08. The molecular weight excluding hydrogens is 200 g/mol. The third-order valence-electron chi connectivity index (χ3n) is 2.83. The second-order valence-corrected chi connectivity index (χ2v) is 5.16. The molecule has 0 saturated heterocycles. The van der Waals surface area contributed by atoms with E-state index in [9.17, 15) is 4.79 Å². The van der Waals surface area contributed by atoms with Crippen LogP contribution in [0, 0.1) is 5.92 Å². The van der Waals surface area contributed by atoms with E-state index >= 15 is 0 Å². The van der Waals surface area contributed by atoms with Gasteiger partial charge in [0, 0.05) is 20.1 Å². The highest BCUT2D eigenvalue weighted by molar-refractivity contribution is 5.81. The maximum absolute atomic E-state index is 12.0. The van der Waals surface area contributed by atoms with Crippen LogP contribution in [0.2, 0.25) is 0 Å². The number of nitrogens with one attached hydrogen (secondary N) is 1. The molecule has 3 nitrogen and oxygen atoms in total. The first kappa shape index (κ1) is 15.4. The van der Waals surface area contributed by atoms with Crippen molar-refractivity contribution in [2.45, 2.75) is 59.0 Å². The van der Waals surface area contributed by atoms with E-state index in [0.717, 1.165) is 6.42 Å². The number of rotatable bonds is 7. The van der Waals surface area contributed by atoms with E-state index in [0.29, 0.717) is 12.0 Å². The van der Waals surface area contributed by atoms with Crippen LogP contribution < -0.4 is 5.32 Å². The number of nitrogens with zero attached hydrogens (tertiary/aromatic N) is 1. The standard InChI is InChI=1S/C13H28N2O/c1-7-8-9-11(4)14-12(10(2)3)13(16)15(5)6/h10-12,14H,7-9H2,1-6H3. The molecule has 0 aliphatic rings. The van der Waals surface area contributed by atoms with Crippen molar-refractivity contribution in [3.05, 3.63) is 0 Å². The van der Waals surface area contributed by atoms with Crippen molar-refractivity contribution in [1.29, 1.82) is 0 Å². The summed E-state index contributed by atoms with van der Waals surface area (Å²) in [6.45, 7) is 8.53. The molecule has 0 fully saturated rings. The Kier molecular flexibility index (Phi) is 7.39. The van der Waals surface area contributed by atoms with Gasteiger partial charge in [0.1, 0.15) is 0 Å². The van der Waals surface area contributed by atoms with Crippen LogP contribution in [0.1, 0.15) is 47.0 Å².